The van der Waals surface area contributed by atoms with Crippen LogP contribution < -0.4 is 0 Å². The lowest BCUT2D eigenvalue weighted by Gasteiger charge is -2.00. The van der Waals surface area contributed by atoms with Crippen molar-refractivity contribution in [1.82, 2.24) is 35.1 Å². The molecule has 6 aromatic rings. The van der Waals surface area contributed by atoms with Crippen LogP contribution in [0.2, 0.25) is 0 Å². The van der Waals surface area contributed by atoms with E-state index in [4.69, 9.17) is 4.98 Å². The summed E-state index contributed by atoms with van der Waals surface area (Å²) in [6.07, 6.45) is 8.75. The first-order valence-corrected chi connectivity index (χ1v) is 9.91. The number of nitrogens with one attached hydrogen (secondary N) is 2. The first kappa shape index (κ1) is 16.1. The van der Waals surface area contributed by atoms with Gasteiger partial charge in [-0.15, -0.1) is 0 Å². The lowest BCUT2D eigenvalue weighted by Crippen LogP contribution is -1.87. The van der Waals surface area contributed by atoms with E-state index in [9.17, 15) is 0 Å². The Bertz CT molecular complexity index is 1450. The molecule has 6 aromatic heterocycles. The molecule has 0 aliphatic rings. The fourth-order valence-electron chi connectivity index (χ4n) is 3.51. The first-order chi connectivity index (χ1) is 14.4. The molecule has 0 saturated carbocycles. The van der Waals surface area contributed by atoms with Crippen molar-refractivity contribution in [2.75, 3.05) is 0 Å². The Kier molecular flexibility index (Phi) is 3.50. The summed E-state index contributed by atoms with van der Waals surface area (Å²) in [7, 11) is 0. The lowest BCUT2D eigenvalue weighted by molar-refractivity contribution is 1.12. The number of nitrogens with zero attached hydrogens (tertiary/aromatic N) is 5. The summed E-state index contributed by atoms with van der Waals surface area (Å²) < 4.78 is 0. The van der Waals surface area contributed by atoms with E-state index in [0.717, 1.165) is 55.7 Å². The highest BCUT2D eigenvalue weighted by Gasteiger charge is 2.15. The van der Waals surface area contributed by atoms with E-state index in [1.54, 1.807) is 23.7 Å². The Morgan fingerprint density at radius 1 is 0.862 bits per heavy atom. The molecule has 0 aliphatic carbocycles. The van der Waals surface area contributed by atoms with E-state index < -0.39 is 0 Å². The molecule has 0 fully saturated rings. The molecular formula is C21H13N7S. The van der Waals surface area contributed by atoms with E-state index in [1.165, 1.54) is 6.33 Å². The van der Waals surface area contributed by atoms with Crippen molar-refractivity contribution in [1.29, 1.82) is 0 Å². The van der Waals surface area contributed by atoms with Crippen LogP contribution in [-0.2, 0) is 0 Å². The molecule has 138 valence electrons. The average Bonchev–Trinajstić information content (AvgIpc) is 3.52. The van der Waals surface area contributed by atoms with Gasteiger partial charge in [0.2, 0.25) is 0 Å². The number of aromatic nitrogens is 7. The highest BCUT2D eigenvalue weighted by Crippen LogP contribution is 2.34. The molecule has 8 heteroatoms. The SMILES string of the molecule is c1ncc(-c2ccc3[nH]nc(-c4cc5c(-c6ccsc6)cncc5[nH]4)c3n2)cn1. The van der Waals surface area contributed by atoms with E-state index >= 15 is 0 Å². The van der Waals surface area contributed by atoms with Gasteiger partial charge in [0, 0.05) is 35.1 Å². The van der Waals surface area contributed by atoms with Crippen molar-refractivity contribution >= 4 is 33.3 Å². The maximum atomic E-state index is 4.82. The van der Waals surface area contributed by atoms with E-state index in [0.29, 0.717) is 0 Å². The largest absolute Gasteiger partial charge is 0.352 e. The van der Waals surface area contributed by atoms with Crippen molar-refractivity contribution in [2.45, 2.75) is 0 Å². The average molecular weight is 395 g/mol. The van der Waals surface area contributed by atoms with Crippen LogP contribution in [0.5, 0.6) is 0 Å². The molecule has 0 aromatic carbocycles. The highest BCUT2D eigenvalue weighted by molar-refractivity contribution is 7.08. The zero-order valence-electron chi connectivity index (χ0n) is 15.0. The van der Waals surface area contributed by atoms with Gasteiger partial charge in [-0.1, -0.05) is 0 Å². The van der Waals surface area contributed by atoms with Gasteiger partial charge in [-0.05, 0) is 40.6 Å². The van der Waals surface area contributed by atoms with Crippen molar-refractivity contribution in [2.24, 2.45) is 0 Å². The molecule has 6 rings (SSSR count). The molecule has 0 atom stereocenters. The summed E-state index contributed by atoms with van der Waals surface area (Å²) in [4.78, 5) is 20.8. The number of hydrogen-bond acceptors (Lipinski definition) is 6. The smallest absolute Gasteiger partial charge is 0.135 e. The topological polar surface area (TPSA) is 96.0 Å². The first-order valence-electron chi connectivity index (χ1n) is 8.97. The van der Waals surface area contributed by atoms with Gasteiger partial charge in [-0.2, -0.15) is 16.4 Å². The second-order valence-corrected chi connectivity index (χ2v) is 7.42. The lowest BCUT2D eigenvalue weighted by atomic mass is 10.1. The zero-order chi connectivity index (χ0) is 19.2. The van der Waals surface area contributed by atoms with Gasteiger partial charge in [0.15, 0.2) is 0 Å². The van der Waals surface area contributed by atoms with Gasteiger partial charge in [-0.25, -0.2) is 15.0 Å². The summed E-state index contributed by atoms with van der Waals surface area (Å²) >= 11 is 1.67. The molecule has 6 heterocycles. The number of H-pyrrole nitrogens is 2. The Morgan fingerprint density at radius 2 is 1.79 bits per heavy atom. The number of aromatic amines is 2. The monoisotopic (exact) mass is 395 g/mol. The van der Waals surface area contributed by atoms with Gasteiger partial charge >= 0.3 is 0 Å². The highest BCUT2D eigenvalue weighted by atomic mass is 32.1. The van der Waals surface area contributed by atoms with E-state index in [1.807, 2.05) is 24.5 Å². The predicted molar refractivity (Wildman–Crippen MR) is 113 cm³/mol. The molecule has 0 bridgehead atoms. The quantitative estimate of drug-likeness (QED) is 0.453. The molecule has 7 nitrogen and oxygen atoms in total. The third-order valence-electron chi connectivity index (χ3n) is 4.90. The second-order valence-electron chi connectivity index (χ2n) is 6.64. The summed E-state index contributed by atoms with van der Waals surface area (Å²) in [5, 5.41) is 12.9. The number of hydrogen-bond donors (Lipinski definition) is 2. The van der Waals surface area contributed by atoms with E-state index in [-0.39, 0.29) is 0 Å². The maximum absolute atomic E-state index is 4.82. The Labute approximate surface area is 168 Å². The van der Waals surface area contributed by atoms with Crippen LogP contribution >= 0.6 is 11.3 Å². The standard InChI is InChI=1S/C21H13N7S/c1-2-17-20(26-16(1)13-6-23-11-24-7-13)21(28-27-17)18-5-14-15(12-3-4-29-10-12)8-22-9-19(14)25-18/h1-11,25H,(H,27,28). The summed E-state index contributed by atoms with van der Waals surface area (Å²) in [6, 6.07) is 8.13. The van der Waals surface area contributed by atoms with Gasteiger partial charge in [0.1, 0.15) is 17.5 Å². The normalized spacial score (nSPS) is 11.4. The number of pyridine rings is 2. The third-order valence-corrected chi connectivity index (χ3v) is 5.58. The van der Waals surface area contributed by atoms with Crippen molar-refractivity contribution < 1.29 is 0 Å². The molecule has 0 radical (unpaired) electrons. The Balaban J connectivity index is 1.53. The van der Waals surface area contributed by atoms with Crippen LogP contribution in [0.3, 0.4) is 0 Å². The van der Waals surface area contributed by atoms with Crippen LogP contribution in [0.1, 0.15) is 0 Å². The van der Waals surface area contributed by atoms with Gasteiger partial charge in [0.05, 0.1) is 28.6 Å². The van der Waals surface area contributed by atoms with Crippen LogP contribution in [0.4, 0.5) is 0 Å². The minimum absolute atomic E-state index is 0.770. The number of fused-ring (bicyclic) bond motifs is 2. The zero-order valence-corrected chi connectivity index (χ0v) is 15.8. The minimum atomic E-state index is 0.770. The van der Waals surface area contributed by atoms with Crippen molar-refractivity contribution in [3.8, 4) is 33.8 Å². The molecule has 0 saturated heterocycles. The summed E-state index contributed by atoms with van der Waals surface area (Å²) in [5.41, 5.74) is 8.22. The van der Waals surface area contributed by atoms with Crippen LogP contribution in [0.25, 0.3) is 55.7 Å². The molecule has 29 heavy (non-hydrogen) atoms. The van der Waals surface area contributed by atoms with Crippen molar-refractivity contribution in [3.05, 3.63) is 66.1 Å². The number of thiophene rings is 1. The molecular weight excluding hydrogens is 382 g/mol. The number of rotatable bonds is 3. The Hall–Kier alpha value is -3.91. The summed E-state index contributed by atoms with van der Waals surface area (Å²) in [5.74, 6) is 0. The molecule has 0 spiro atoms. The maximum Gasteiger partial charge on any atom is 0.135 e. The van der Waals surface area contributed by atoms with Gasteiger partial charge in [0.25, 0.3) is 0 Å². The molecule has 0 unspecified atom stereocenters. The van der Waals surface area contributed by atoms with Gasteiger partial charge < -0.3 is 4.98 Å². The molecule has 2 N–H and O–H groups in total. The fraction of sp³-hybridized carbons (Fsp3) is 0. The fourth-order valence-corrected chi connectivity index (χ4v) is 4.16. The van der Waals surface area contributed by atoms with Crippen LogP contribution in [-0.4, -0.2) is 35.1 Å². The van der Waals surface area contributed by atoms with Crippen LogP contribution in [0.15, 0.2) is 66.1 Å². The van der Waals surface area contributed by atoms with Crippen LogP contribution in [0, 0.1) is 0 Å². The third kappa shape index (κ3) is 2.61. The minimum Gasteiger partial charge on any atom is -0.352 e. The summed E-state index contributed by atoms with van der Waals surface area (Å²) in [6.45, 7) is 0. The Morgan fingerprint density at radius 3 is 2.66 bits per heavy atom. The van der Waals surface area contributed by atoms with Crippen molar-refractivity contribution in [3.63, 3.8) is 0 Å². The molecule has 0 amide bonds. The van der Waals surface area contributed by atoms with Gasteiger partial charge in [-0.3, -0.25) is 10.1 Å². The second kappa shape index (κ2) is 6.32. The van der Waals surface area contributed by atoms with E-state index in [2.05, 4.69) is 53.0 Å². The predicted octanol–water partition coefficient (Wildman–Crippen LogP) is 4.69. The molecule has 0 aliphatic heterocycles.